The van der Waals surface area contributed by atoms with Crippen LogP contribution in [0.4, 0.5) is 38.9 Å². The zero-order chi connectivity index (χ0) is 47.6. The van der Waals surface area contributed by atoms with Gasteiger partial charge >= 0.3 is 0 Å². The van der Waals surface area contributed by atoms with E-state index in [1.54, 1.807) is 24.8 Å². The minimum Gasteiger partial charge on any atom is -0.377 e. The van der Waals surface area contributed by atoms with Gasteiger partial charge in [-0.2, -0.15) is 0 Å². The van der Waals surface area contributed by atoms with Crippen LogP contribution in [0.15, 0.2) is 104 Å². The van der Waals surface area contributed by atoms with Crippen LogP contribution in [0, 0.1) is 11.7 Å². The van der Waals surface area contributed by atoms with E-state index >= 15 is 0 Å². The van der Waals surface area contributed by atoms with Crippen LogP contribution >= 0.6 is 0 Å². The number of morpholine rings is 1. The highest BCUT2D eigenvalue weighted by atomic mass is 19.1. The molecule has 2 amide bonds. The lowest BCUT2D eigenvalue weighted by Crippen LogP contribution is -2.44. The molecule has 5 aliphatic heterocycles. The molecular weight excluding hydrogens is 904 g/mol. The fraction of sp³-hybridized carbons (Fsp3) is 0.288. The molecule has 5 aliphatic rings. The summed E-state index contributed by atoms with van der Waals surface area (Å²) >= 11 is 0. The summed E-state index contributed by atoms with van der Waals surface area (Å²) in [5.41, 5.74) is 9.60. The largest absolute Gasteiger partial charge is 0.377 e. The number of rotatable bonds is 13. The number of aromatic nitrogens is 7. The average Bonchev–Trinajstić information content (AvgIpc) is 4.27. The van der Waals surface area contributed by atoms with Gasteiger partial charge < -0.3 is 50.4 Å². The van der Waals surface area contributed by atoms with E-state index in [1.165, 1.54) is 12.1 Å². The molecule has 1 aromatic carbocycles. The fourth-order valence-electron chi connectivity index (χ4n) is 11.0. The smallest absolute Gasteiger partial charge is 0.254 e. The van der Waals surface area contributed by atoms with Gasteiger partial charge in [-0.1, -0.05) is 12.1 Å². The van der Waals surface area contributed by atoms with Crippen LogP contribution in [0.1, 0.15) is 38.3 Å². The Hall–Kier alpha value is -8.00. The van der Waals surface area contributed by atoms with Gasteiger partial charge in [0.05, 0.1) is 84.1 Å². The molecule has 0 unspecified atom stereocenters. The summed E-state index contributed by atoms with van der Waals surface area (Å²) in [5, 5.41) is 17.2. The lowest BCUT2D eigenvalue weighted by molar-refractivity contribution is -0.0249. The molecule has 71 heavy (non-hydrogen) atoms. The quantitative estimate of drug-likeness (QED) is 0.0841. The molecule has 0 bridgehead atoms. The Balaban J connectivity index is 0.639. The summed E-state index contributed by atoms with van der Waals surface area (Å²) in [4.78, 5) is 54.9. The van der Waals surface area contributed by atoms with Gasteiger partial charge in [-0.25, -0.2) is 24.3 Å². The zero-order valence-corrected chi connectivity index (χ0v) is 38.6. The first kappa shape index (κ1) is 43.1. The van der Waals surface area contributed by atoms with Crippen molar-refractivity contribution in [3.05, 3.63) is 132 Å². The molecule has 19 heteroatoms. The second kappa shape index (κ2) is 17.8. The highest BCUT2D eigenvalue weighted by molar-refractivity contribution is 6.07. The maximum Gasteiger partial charge on any atom is 0.254 e. The van der Waals surface area contributed by atoms with Gasteiger partial charge in [0.1, 0.15) is 34.6 Å². The zero-order valence-electron chi connectivity index (χ0n) is 38.6. The van der Waals surface area contributed by atoms with E-state index in [2.05, 4.69) is 52.0 Å². The first-order chi connectivity index (χ1) is 34.9. The second-order valence-electron chi connectivity index (χ2n) is 18.6. The first-order valence-corrected chi connectivity index (χ1v) is 24.1. The van der Waals surface area contributed by atoms with Crippen molar-refractivity contribution in [2.24, 2.45) is 5.92 Å². The molecule has 358 valence electrons. The number of ether oxygens (including phenoxy) is 2. The van der Waals surface area contributed by atoms with Crippen LogP contribution in [0.2, 0.25) is 0 Å². The molecular formula is C52H49FN14O4. The van der Waals surface area contributed by atoms with Crippen molar-refractivity contribution in [2.75, 3.05) is 73.0 Å². The van der Waals surface area contributed by atoms with Gasteiger partial charge in [0.2, 0.25) is 0 Å². The van der Waals surface area contributed by atoms with Crippen molar-refractivity contribution in [3.8, 4) is 22.5 Å². The van der Waals surface area contributed by atoms with Crippen molar-refractivity contribution in [3.63, 3.8) is 0 Å². The average molecular weight is 953 g/mol. The Morgan fingerprint density at radius 1 is 0.817 bits per heavy atom. The second-order valence-corrected chi connectivity index (χ2v) is 18.6. The van der Waals surface area contributed by atoms with Crippen LogP contribution in [-0.4, -0.2) is 110 Å². The molecule has 5 N–H and O–H groups in total. The third-order valence-electron chi connectivity index (χ3n) is 14.5. The van der Waals surface area contributed by atoms with Crippen molar-refractivity contribution in [2.45, 2.75) is 38.2 Å². The van der Waals surface area contributed by atoms with Gasteiger partial charge in [-0.3, -0.25) is 19.0 Å². The third-order valence-corrected chi connectivity index (χ3v) is 14.5. The molecule has 7 aromatic heterocycles. The number of amides is 2. The minimum absolute atomic E-state index is 0.136. The van der Waals surface area contributed by atoms with Crippen LogP contribution in [0.3, 0.4) is 0 Å². The fourth-order valence-corrected chi connectivity index (χ4v) is 11.0. The number of carbonyl (C=O) groups is 2. The number of halogens is 1. The van der Waals surface area contributed by atoms with E-state index in [-0.39, 0.29) is 23.7 Å². The Morgan fingerprint density at radius 3 is 2.61 bits per heavy atom. The van der Waals surface area contributed by atoms with E-state index in [4.69, 9.17) is 29.4 Å². The number of pyridine rings is 5. The lowest BCUT2D eigenvalue weighted by atomic mass is 9.99. The molecule has 18 nitrogen and oxygen atoms in total. The van der Waals surface area contributed by atoms with Crippen LogP contribution in [0.25, 0.3) is 39.2 Å². The third kappa shape index (κ3) is 7.81. The summed E-state index contributed by atoms with van der Waals surface area (Å²) in [7, 11) is 0. The Morgan fingerprint density at radius 2 is 1.70 bits per heavy atom. The van der Waals surface area contributed by atoms with E-state index in [0.717, 1.165) is 82.2 Å². The normalized spacial score (nSPS) is 19.3. The highest BCUT2D eigenvalue weighted by Gasteiger charge is 2.38. The summed E-state index contributed by atoms with van der Waals surface area (Å²) in [6, 6.07) is 21.0. The number of benzene rings is 1. The van der Waals surface area contributed by atoms with Gasteiger partial charge in [0.15, 0.2) is 0 Å². The summed E-state index contributed by atoms with van der Waals surface area (Å²) in [6.07, 6.45) is 11.7. The molecule has 0 spiro atoms. The number of carbonyl (C=O) groups excluding carboxylic acids is 2. The van der Waals surface area contributed by atoms with E-state index in [1.807, 2.05) is 65.3 Å². The number of nitrogens with zero attached hydrogens (tertiary/aromatic N) is 9. The number of fused-ring (bicyclic) bond motifs is 5. The molecule has 12 heterocycles. The molecule has 13 rings (SSSR count). The van der Waals surface area contributed by atoms with Gasteiger partial charge in [0.25, 0.3) is 11.8 Å². The Kier molecular flexibility index (Phi) is 10.8. The van der Waals surface area contributed by atoms with Crippen LogP contribution in [0.5, 0.6) is 0 Å². The molecule has 8 aromatic rings. The van der Waals surface area contributed by atoms with E-state index < -0.39 is 0 Å². The lowest BCUT2D eigenvalue weighted by Gasteiger charge is -2.34. The van der Waals surface area contributed by atoms with Crippen LogP contribution in [-0.2, 0) is 29.1 Å². The monoisotopic (exact) mass is 952 g/mol. The Bertz CT molecular complexity index is 3400. The molecule has 0 radical (unpaired) electrons. The summed E-state index contributed by atoms with van der Waals surface area (Å²) in [6.45, 7) is 7.13. The van der Waals surface area contributed by atoms with Crippen molar-refractivity contribution >= 4 is 63.0 Å². The topological polar surface area (TPSA) is 193 Å². The van der Waals surface area contributed by atoms with Crippen molar-refractivity contribution in [1.29, 1.82) is 0 Å². The predicted octanol–water partition coefficient (Wildman–Crippen LogP) is 6.04. The van der Waals surface area contributed by atoms with Crippen LogP contribution < -0.4 is 36.4 Å². The maximum absolute atomic E-state index is 13.9. The standard InChI is InChI=1S/C52H49FN14O4/c53-31-10-15-67-42(27-57-46(67)20-31)34-5-6-39(47-37(34)23-59-51(47)68)61-43-7-4-32(22-56-43)65-17-19-71-33(28-65)29-70-18-16-64-13-11-36-35(8-12-55-50(36)64)49-38-24-60-52(69)48(38)40(25-58-49)62-44-2-1-3-45(63-44)66-14-9-30-21-54-26-41(30)66/h1-8,10-13,15,20,22,25,27,30,33,41,54H,9,14,16-19,21,23-24,26,28-29H2,(H,56,61)(H,59,68)(H,60,69)(H,62,63)/t30-,33+,41+/m1/s1. The molecule has 0 aliphatic carbocycles. The number of hydrogen-bond donors (Lipinski definition) is 5. The highest BCUT2D eigenvalue weighted by Crippen LogP contribution is 2.39. The number of imidazole rings is 1. The maximum atomic E-state index is 13.9. The van der Waals surface area contributed by atoms with Gasteiger partial charge in [0, 0.05) is 105 Å². The van der Waals surface area contributed by atoms with Gasteiger partial charge in [-0.05, 0) is 66.4 Å². The SMILES string of the molecule is O=C1NCc2c(-c3cnc4cc(F)ccn34)ccc(Nc3ccc(N4CCO[C@H](COCCn5ccc6c(-c7ncc(Nc8cccc(N9CC[C@@H]%10CNC[C@@H]%109)n8)c8c7CNC8=O)ccnc65)C4)cn3)c21. The molecule has 3 saturated heterocycles. The van der Waals surface area contributed by atoms with E-state index in [9.17, 15) is 14.0 Å². The van der Waals surface area contributed by atoms with Crippen molar-refractivity contribution in [1.82, 2.24) is 49.8 Å². The summed E-state index contributed by atoms with van der Waals surface area (Å²) in [5.74, 6) is 2.19. The summed E-state index contributed by atoms with van der Waals surface area (Å²) < 4.78 is 30.1. The minimum atomic E-state index is -0.360. The first-order valence-electron chi connectivity index (χ1n) is 24.1. The van der Waals surface area contributed by atoms with E-state index in [0.29, 0.717) is 104 Å². The predicted molar refractivity (Wildman–Crippen MR) is 266 cm³/mol. The van der Waals surface area contributed by atoms with Crippen molar-refractivity contribution < 1.29 is 23.5 Å². The number of hydrogen-bond acceptors (Lipinski definition) is 14. The molecule has 3 fully saturated rings. The van der Waals surface area contributed by atoms with Gasteiger partial charge in [-0.15, -0.1) is 0 Å². The molecule has 0 saturated carbocycles. The number of anilines is 6. The number of nitrogens with one attached hydrogen (secondary N) is 5. The molecule has 3 atom stereocenters. The Labute approximate surface area is 406 Å².